The molecular weight excluding hydrogens is 208 g/mol. The fourth-order valence-electron chi connectivity index (χ4n) is 1.31. The molecule has 0 N–H and O–H groups in total. The molecule has 1 unspecified atom stereocenters. The summed E-state index contributed by atoms with van der Waals surface area (Å²) in [5, 5.41) is 1.58. The molecule has 0 aliphatic carbocycles. The molecular formula is C8H13OS3. The van der Waals surface area contributed by atoms with Crippen LogP contribution in [-0.4, -0.2) is 41.5 Å². The summed E-state index contributed by atoms with van der Waals surface area (Å²) in [6, 6.07) is 0. The van der Waals surface area contributed by atoms with Crippen molar-refractivity contribution in [3.8, 4) is 0 Å². The van der Waals surface area contributed by atoms with Crippen LogP contribution in [0.4, 0.5) is 0 Å². The molecule has 1 atom stereocenters. The summed E-state index contributed by atoms with van der Waals surface area (Å²) in [6.07, 6.45) is 0.460. The van der Waals surface area contributed by atoms with Crippen LogP contribution in [0.5, 0.6) is 0 Å². The van der Waals surface area contributed by atoms with Crippen LogP contribution < -0.4 is 0 Å². The normalized spacial score (nSPS) is 33.5. The van der Waals surface area contributed by atoms with Crippen molar-refractivity contribution in [1.29, 1.82) is 0 Å². The Labute approximate surface area is 86.8 Å². The van der Waals surface area contributed by atoms with Crippen LogP contribution in [0.3, 0.4) is 0 Å². The minimum Gasteiger partial charge on any atom is -0.375 e. The first-order valence-electron chi connectivity index (χ1n) is 4.22. The van der Waals surface area contributed by atoms with Gasteiger partial charge in [-0.2, -0.15) is 23.5 Å². The van der Waals surface area contributed by atoms with E-state index < -0.39 is 0 Å². The van der Waals surface area contributed by atoms with Crippen molar-refractivity contribution in [1.82, 2.24) is 0 Å². The number of rotatable bonds is 1. The largest absolute Gasteiger partial charge is 0.375 e. The lowest BCUT2D eigenvalue weighted by Crippen LogP contribution is -2.31. The minimum atomic E-state index is 0.460. The number of hydrogen-bond donors (Lipinski definition) is 0. The van der Waals surface area contributed by atoms with E-state index in [0.717, 1.165) is 6.61 Å². The van der Waals surface area contributed by atoms with Crippen molar-refractivity contribution >= 4 is 35.3 Å². The van der Waals surface area contributed by atoms with Crippen molar-refractivity contribution in [2.45, 2.75) is 6.10 Å². The Balaban J connectivity index is 1.80. The molecule has 12 heavy (non-hydrogen) atoms. The van der Waals surface area contributed by atoms with Crippen molar-refractivity contribution in [3.63, 3.8) is 0 Å². The van der Waals surface area contributed by atoms with E-state index in [1.165, 1.54) is 28.8 Å². The third-order valence-electron chi connectivity index (χ3n) is 1.93. The molecule has 4 heteroatoms. The van der Waals surface area contributed by atoms with E-state index in [-0.39, 0.29) is 0 Å². The Bertz CT molecular complexity index is 114. The fraction of sp³-hybridized carbons (Fsp3) is 0.875. The molecule has 2 heterocycles. The summed E-state index contributed by atoms with van der Waals surface area (Å²) in [7, 11) is 0. The maximum absolute atomic E-state index is 5.73. The molecule has 1 nitrogen and oxygen atoms in total. The maximum Gasteiger partial charge on any atom is 0.0835 e. The lowest BCUT2D eigenvalue weighted by molar-refractivity contribution is 0.0949. The van der Waals surface area contributed by atoms with Gasteiger partial charge in [0, 0.05) is 28.8 Å². The van der Waals surface area contributed by atoms with Gasteiger partial charge in [0.05, 0.1) is 18.0 Å². The molecule has 0 spiro atoms. The first kappa shape index (κ1) is 9.56. The Morgan fingerprint density at radius 3 is 2.83 bits per heavy atom. The van der Waals surface area contributed by atoms with Gasteiger partial charge in [-0.1, -0.05) is 0 Å². The van der Waals surface area contributed by atoms with Crippen LogP contribution in [0.2, 0.25) is 0 Å². The Kier molecular flexibility index (Phi) is 4.01. The quantitative estimate of drug-likeness (QED) is 0.670. The molecule has 2 saturated heterocycles. The Morgan fingerprint density at radius 2 is 2.17 bits per heavy atom. The smallest absolute Gasteiger partial charge is 0.0835 e. The lowest BCUT2D eigenvalue weighted by atomic mass is 10.3. The summed E-state index contributed by atoms with van der Waals surface area (Å²) in [4.78, 5) is 0. The standard InChI is InChI=1S/C8H13OS3/c1-2-10-5-7(9-1)8-6-11-3-4-12-8/h7H,1-6H2. The number of hydrogen-bond acceptors (Lipinski definition) is 4. The van der Waals surface area contributed by atoms with Gasteiger partial charge in [-0.3, -0.25) is 0 Å². The molecule has 0 aromatic rings. The predicted octanol–water partition coefficient (Wildman–Crippen LogP) is 2.13. The third-order valence-corrected chi connectivity index (χ3v) is 5.56. The SMILES string of the molecule is C1CSCC([C]2CSCCS2)O1. The highest BCUT2D eigenvalue weighted by Gasteiger charge is 2.27. The van der Waals surface area contributed by atoms with Gasteiger partial charge in [0.2, 0.25) is 0 Å². The van der Waals surface area contributed by atoms with E-state index in [1.54, 1.807) is 5.25 Å². The predicted molar refractivity (Wildman–Crippen MR) is 60.1 cm³/mol. The van der Waals surface area contributed by atoms with E-state index in [0.29, 0.717) is 6.10 Å². The van der Waals surface area contributed by atoms with Crippen molar-refractivity contribution in [2.24, 2.45) is 0 Å². The average molecular weight is 221 g/mol. The monoisotopic (exact) mass is 221 g/mol. The van der Waals surface area contributed by atoms with E-state index >= 15 is 0 Å². The molecule has 0 amide bonds. The van der Waals surface area contributed by atoms with Crippen LogP contribution in [0, 0.1) is 5.25 Å². The first-order valence-corrected chi connectivity index (χ1v) is 7.52. The maximum atomic E-state index is 5.73. The van der Waals surface area contributed by atoms with Gasteiger partial charge in [0.1, 0.15) is 0 Å². The third kappa shape index (κ3) is 2.50. The zero-order chi connectivity index (χ0) is 8.23. The summed E-state index contributed by atoms with van der Waals surface area (Å²) in [5.41, 5.74) is 0. The fourth-order valence-corrected chi connectivity index (χ4v) is 4.82. The lowest BCUT2D eigenvalue weighted by Gasteiger charge is -2.31. The molecule has 2 rings (SSSR count). The van der Waals surface area contributed by atoms with Gasteiger partial charge in [-0.15, -0.1) is 11.8 Å². The molecule has 69 valence electrons. The van der Waals surface area contributed by atoms with Gasteiger partial charge >= 0.3 is 0 Å². The topological polar surface area (TPSA) is 9.23 Å². The van der Waals surface area contributed by atoms with Crippen molar-refractivity contribution in [2.75, 3.05) is 35.4 Å². The van der Waals surface area contributed by atoms with Crippen LogP contribution in [0.15, 0.2) is 0 Å². The molecule has 1 radical (unpaired) electrons. The highest BCUT2D eigenvalue weighted by molar-refractivity contribution is 8.08. The second-order valence-corrected chi connectivity index (χ2v) is 6.28. The number of thioether (sulfide) groups is 3. The summed E-state index contributed by atoms with van der Waals surface area (Å²) in [6.45, 7) is 0.948. The molecule has 0 aromatic carbocycles. The second-order valence-electron chi connectivity index (χ2n) is 2.80. The zero-order valence-corrected chi connectivity index (χ0v) is 9.40. The Morgan fingerprint density at radius 1 is 1.17 bits per heavy atom. The molecule has 2 aliphatic heterocycles. The van der Waals surface area contributed by atoms with Gasteiger partial charge in [0.15, 0.2) is 0 Å². The van der Waals surface area contributed by atoms with Gasteiger partial charge in [-0.05, 0) is 0 Å². The van der Waals surface area contributed by atoms with E-state index in [2.05, 4.69) is 0 Å². The van der Waals surface area contributed by atoms with E-state index in [4.69, 9.17) is 4.74 Å². The second kappa shape index (κ2) is 5.03. The molecule has 2 aliphatic rings. The van der Waals surface area contributed by atoms with E-state index in [1.807, 2.05) is 35.3 Å². The summed E-state index contributed by atoms with van der Waals surface area (Å²) < 4.78 is 5.73. The van der Waals surface area contributed by atoms with Crippen molar-refractivity contribution < 1.29 is 4.74 Å². The van der Waals surface area contributed by atoms with Gasteiger partial charge < -0.3 is 4.74 Å². The Hall–Kier alpha value is 1.01. The average Bonchev–Trinajstić information content (AvgIpc) is 2.21. The highest BCUT2D eigenvalue weighted by atomic mass is 32.2. The summed E-state index contributed by atoms with van der Waals surface area (Å²) >= 11 is 6.10. The van der Waals surface area contributed by atoms with Gasteiger partial charge in [-0.25, -0.2) is 0 Å². The van der Waals surface area contributed by atoms with Gasteiger partial charge in [0.25, 0.3) is 0 Å². The molecule has 0 saturated carbocycles. The molecule has 2 fully saturated rings. The van der Waals surface area contributed by atoms with Crippen LogP contribution in [-0.2, 0) is 4.74 Å². The minimum absolute atomic E-state index is 0.460. The molecule has 0 bridgehead atoms. The number of ether oxygens (including phenoxy) is 1. The van der Waals surface area contributed by atoms with Crippen molar-refractivity contribution in [3.05, 3.63) is 5.25 Å². The van der Waals surface area contributed by atoms with Crippen LogP contribution in [0.25, 0.3) is 0 Å². The van der Waals surface area contributed by atoms with Crippen LogP contribution >= 0.6 is 35.3 Å². The van der Waals surface area contributed by atoms with E-state index in [9.17, 15) is 0 Å². The molecule has 0 aromatic heterocycles. The summed E-state index contributed by atoms with van der Waals surface area (Å²) in [5.74, 6) is 6.18. The zero-order valence-electron chi connectivity index (χ0n) is 6.95. The van der Waals surface area contributed by atoms with Crippen LogP contribution in [0.1, 0.15) is 0 Å². The first-order chi connectivity index (χ1) is 5.97. The highest BCUT2D eigenvalue weighted by Crippen LogP contribution is 2.36.